The molecule has 0 aliphatic carbocycles. The number of piperidine rings is 1. The van der Waals surface area contributed by atoms with Gasteiger partial charge in [-0.05, 0) is 18.1 Å². The van der Waals surface area contributed by atoms with E-state index in [1.54, 1.807) is 0 Å². The van der Waals surface area contributed by atoms with E-state index in [9.17, 15) is 13.6 Å². The second-order valence-electron chi connectivity index (χ2n) is 5.29. The van der Waals surface area contributed by atoms with Gasteiger partial charge in [0.2, 0.25) is 0 Å². The molecule has 27 heavy (non-hydrogen) atoms. The minimum atomic E-state index is -2.66. The summed E-state index contributed by atoms with van der Waals surface area (Å²) in [7, 11) is 0. The van der Waals surface area contributed by atoms with E-state index in [0.29, 0.717) is 9.88 Å². The minimum Gasteiger partial charge on any atom is -0.337 e. The summed E-state index contributed by atoms with van der Waals surface area (Å²) in [5.41, 5.74) is 0.869. The first-order chi connectivity index (χ1) is 13.0. The lowest BCUT2D eigenvalue weighted by Gasteiger charge is -2.31. The van der Waals surface area contributed by atoms with Crippen LogP contribution in [0.15, 0.2) is 36.5 Å². The number of hydrogen-bond donors (Lipinski definition) is 0. The van der Waals surface area contributed by atoms with Gasteiger partial charge in [0.05, 0.1) is 6.20 Å². The largest absolute Gasteiger partial charge is 0.337 e. The first kappa shape index (κ1) is 22.8. The fourth-order valence-electron chi connectivity index (χ4n) is 2.27. The van der Waals surface area contributed by atoms with Crippen molar-refractivity contribution in [3.63, 3.8) is 0 Å². The van der Waals surface area contributed by atoms with Crippen LogP contribution in [0.4, 0.5) is 8.78 Å². The predicted molar refractivity (Wildman–Crippen MR) is 107 cm³/mol. The Bertz CT molecular complexity index is 753. The number of amides is 1. The number of carbonyl (C=O) groups excluding carboxylic acids is 1. The Kier molecular flexibility index (Phi) is 9.66. The number of likely N-dealkylation sites (tertiary alicyclic amines) is 1. The lowest BCUT2D eigenvalue weighted by atomic mass is 10.1. The second-order valence-corrected chi connectivity index (χ2v) is 6.32. The molecular formula is C21H26F2N2OS. The molecule has 1 saturated heterocycles. The number of alkyl halides is 2. The van der Waals surface area contributed by atoms with Crippen LogP contribution in [0.3, 0.4) is 0 Å². The van der Waals surface area contributed by atoms with Crippen molar-refractivity contribution < 1.29 is 13.6 Å². The third-order valence-corrected chi connectivity index (χ3v) is 4.49. The van der Waals surface area contributed by atoms with Gasteiger partial charge in [-0.15, -0.1) is 11.3 Å². The fraction of sp³-hybridized carbons (Fsp3) is 0.429. The van der Waals surface area contributed by atoms with E-state index < -0.39 is 5.92 Å². The van der Waals surface area contributed by atoms with E-state index in [4.69, 9.17) is 0 Å². The Morgan fingerprint density at radius 3 is 2.26 bits per heavy atom. The van der Waals surface area contributed by atoms with E-state index >= 15 is 0 Å². The van der Waals surface area contributed by atoms with Gasteiger partial charge < -0.3 is 4.90 Å². The molecule has 146 valence electrons. The highest BCUT2D eigenvalue weighted by Gasteiger charge is 2.36. The standard InChI is InChI=1S/C17H14F2N2OS.2C2H6/c18-17(19)8-10-21(11-9-17)16(22)14-12-20-15(23-14)7-6-13-4-2-1-3-5-13;2*1-2/h1-5,12H,8-11H2;2*1-2H3. The molecule has 1 aromatic carbocycles. The van der Waals surface area contributed by atoms with Gasteiger partial charge in [-0.2, -0.15) is 0 Å². The van der Waals surface area contributed by atoms with Gasteiger partial charge in [-0.3, -0.25) is 4.79 Å². The molecule has 1 fully saturated rings. The first-order valence-electron chi connectivity index (χ1n) is 9.23. The van der Waals surface area contributed by atoms with Crippen molar-refractivity contribution in [2.24, 2.45) is 0 Å². The lowest BCUT2D eigenvalue weighted by Crippen LogP contribution is -2.42. The van der Waals surface area contributed by atoms with Gasteiger partial charge in [0.1, 0.15) is 4.88 Å². The van der Waals surface area contributed by atoms with E-state index in [-0.39, 0.29) is 31.8 Å². The quantitative estimate of drug-likeness (QED) is 0.603. The van der Waals surface area contributed by atoms with Crippen molar-refractivity contribution in [2.75, 3.05) is 13.1 Å². The molecule has 0 N–H and O–H groups in total. The Labute approximate surface area is 164 Å². The molecule has 2 aromatic rings. The smallest absolute Gasteiger partial charge is 0.265 e. The summed E-state index contributed by atoms with van der Waals surface area (Å²) in [4.78, 5) is 18.3. The lowest BCUT2D eigenvalue weighted by molar-refractivity contribution is -0.0493. The molecule has 3 nitrogen and oxygen atoms in total. The van der Waals surface area contributed by atoms with Crippen molar-refractivity contribution in [1.29, 1.82) is 0 Å². The Hall–Kier alpha value is -2.26. The van der Waals surface area contributed by atoms with Gasteiger partial charge in [0, 0.05) is 31.5 Å². The number of halogens is 2. The minimum absolute atomic E-state index is 0.0781. The molecule has 0 unspecified atom stereocenters. The zero-order valence-electron chi connectivity index (χ0n) is 16.3. The van der Waals surface area contributed by atoms with Crippen molar-refractivity contribution in [3.05, 3.63) is 52.0 Å². The number of thiazole rings is 1. The summed E-state index contributed by atoms with van der Waals surface area (Å²) in [6.07, 6.45) is 0.908. The summed E-state index contributed by atoms with van der Waals surface area (Å²) in [6, 6.07) is 9.48. The maximum atomic E-state index is 13.1. The molecule has 1 aromatic heterocycles. The van der Waals surface area contributed by atoms with Gasteiger partial charge in [0.15, 0.2) is 5.01 Å². The van der Waals surface area contributed by atoms with E-state index in [1.807, 2.05) is 58.0 Å². The predicted octanol–water partition coefficient (Wildman–Crippen LogP) is 5.47. The average molecular weight is 393 g/mol. The molecule has 6 heteroatoms. The monoisotopic (exact) mass is 392 g/mol. The molecule has 1 amide bonds. The van der Waals surface area contributed by atoms with E-state index in [2.05, 4.69) is 16.8 Å². The highest BCUT2D eigenvalue weighted by atomic mass is 32.1. The summed E-state index contributed by atoms with van der Waals surface area (Å²) >= 11 is 1.19. The Morgan fingerprint density at radius 1 is 1.07 bits per heavy atom. The SMILES string of the molecule is CC.CC.O=C(c1cnc(C#Cc2ccccc2)s1)N1CCC(F)(F)CC1. The number of aromatic nitrogens is 1. The number of benzene rings is 1. The highest BCUT2D eigenvalue weighted by Crippen LogP contribution is 2.28. The van der Waals surface area contributed by atoms with Crippen LogP contribution in [-0.4, -0.2) is 34.8 Å². The number of hydrogen-bond acceptors (Lipinski definition) is 3. The number of carbonyl (C=O) groups is 1. The van der Waals surface area contributed by atoms with Crippen molar-refractivity contribution in [2.45, 2.75) is 46.5 Å². The third kappa shape index (κ3) is 7.10. The molecule has 0 atom stereocenters. The van der Waals surface area contributed by atoms with Gasteiger partial charge in [-0.1, -0.05) is 51.8 Å². The van der Waals surface area contributed by atoms with Crippen LogP contribution in [0.2, 0.25) is 0 Å². The van der Waals surface area contributed by atoms with Crippen molar-refractivity contribution >= 4 is 17.2 Å². The zero-order chi connectivity index (χ0) is 20.3. The second kappa shape index (κ2) is 11.5. The van der Waals surface area contributed by atoms with Gasteiger partial charge in [-0.25, -0.2) is 13.8 Å². The normalized spacial score (nSPS) is 14.5. The number of rotatable bonds is 1. The summed E-state index contributed by atoms with van der Waals surface area (Å²) in [6.45, 7) is 8.16. The van der Waals surface area contributed by atoms with Gasteiger partial charge >= 0.3 is 0 Å². The van der Waals surface area contributed by atoms with Gasteiger partial charge in [0.25, 0.3) is 11.8 Å². The van der Waals surface area contributed by atoms with Crippen LogP contribution >= 0.6 is 11.3 Å². The summed E-state index contributed by atoms with van der Waals surface area (Å²) < 4.78 is 26.3. The first-order valence-corrected chi connectivity index (χ1v) is 10.1. The average Bonchev–Trinajstić information content (AvgIpc) is 3.19. The summed E-state index contributed by atoms with van der Waals surface area (Å²) in [5, 5.41) is 0.541. The molecule has 0 spiro atoms. The maximum absolute atomic E-state index is 13.1. The van der Waals surface area contributed by atoms with Crippen molar-refractivity contribution in [3.8, 4) is 11.8 Å². The number of nitrogens with zero attached hydrogens (tertiary/aromatic N) is 2. The van der Waals surface area contributed by atoms with Crippen LogP contribution in [0.5, 0.6) is 0 Å². The maximum Gasteiger partial charge on any atom is 0.265 e. The summed E-state index contributed by atoms with van der Waals surface area (Å²) in [5.74, 6) is 3.00. The third-order valence-electron chi connectivity index (χ3n) is 3.59. The fourth-order valence-corrected chi connectivity index (χ4v) is 3.01. The molecule has 3 rings (SSSR count). The molecule has 0 saturated carbocycles. The van der Waals surface area contributed by atoms with Crippen LogP contribution in [0, 0.1) is 11.8 Å². The zero-order valence-corrected chi connectivity index (χ0v) is 17.1. The van der Waals surface area contributed by atoms with Crippen molar-refractivity contribution in [1.82, 2.24) is 9.88 Å². The van der Waals surface area contributed by atoms with Crippen LogP contribution in [0.25, 0.3) is 0 Å². The van der Waals surface area contributed by atoms with E-state index in [1.165, 1.54) is 22.4 Å². The molecule has 1 aliphatic heterocycles. The molecule has 1 aliphatic rings. The Morgan fingerprint density at radius 2 is 1.67 bits per heavy atom. The van der Waals surface area contributed by atoms with Crippen LogP contribution < -0.4 is 0 Å². The highest BCUT2D eigenvalue weighted by molar-refractivity contribution is 7.14. The van der Waals surface area contributed by atoms with E-state index in [0.717, 1.165) is 5.56 Å². The molecule has 0 bridgehead atoms. The molecule has 2 heterocycles. The van der Waals surface area contributed by atoms with Crippen LogP contribution in [-0.2, 0) is 0 Å². The topological polar surface area (TPSA) is 33.2 Å². The Balaban J connectivity index is 0.000000855. The molecule has 0 radical (unpaired) electrons. The molecular weight excluding hydrogens is 366 g/mol. The van der Waals surface area contributed by atoms with Crippen LogP contribution in [0.1, 0.15) is 60.8 Å².